The molecule has 0 saturated carbocycles. The van der Waals surface area contributed by atoms with Crippen molar-refractivity contribution in [3.63, 3.8) is 0 Å². The topological polar surface area (TPSA) is 44.8 Å². The highest BCUT2D eigenvalue weighted by Crippen LogP contribution is 2.13. The highest BCUT2D eigenvalue weighted by Gasteiger charge is 2.23. The van der Waals surface area contributed by atoms with Crippen LogP contribution < -0.4 is 0 Å². The fourth-order valence-electron chi connectivity index (χ4n) is 0.853. The van der Waals surface area contributed by atoms with E-state index in [-0.39, 0.29) is 0 Å². The third kappa shape index (κ3) is 7.20. The van der Waals surface area contributed by atoms with Crippen molar-refractivity contribution in [1.29, 1.82) is 0 Å². The van der Waals surface area contributed by atoms with Crippen LogP contribution in [0.5, 0.6) is 0 Å². The van der Waals surface area contributed by atoms with E-state index in [1.54, 1.807) is 26.8 Å². The Morgan fingerprint density at radius 1 is 1.38 bits per heavy atom. The molecule has 0 aliphatic carbocycles. The maximum atomic E-state index is 11.2. The van der Waals surface area contributed by atoms with Crippen LogP contribution in [-0.2, 0) is 19.0 Å². The van der Waals surface area contributed by atoms with Gasteiger partial charge < -0.3 is 14.2 Å². The Bertz CT molecular complexity index is 256. The Morgan fingerprint density at radius 3 is 2.50 bits per heavy atom. The van der Waals surface area contributed by atoms with Gasteiger partial charge in [0.05, 0.1) is 19.8 Å². The van der Waals surface area contributed by atoms with Crippen LogP contribution in [0.1, 0.15) is 20.8 Å². The minimum absolute atomic E-state index is 0.347. The molecule has 0 fully saturated rings. The number of hydrogen-bond acceptors (Lipinski definition) is 4. The summed E-state index contributed by atoms with van der Waals surface area (Å²) in [4.78, 5) is 11.2. The van der Waals surface area contributed by atoms with Crippen molar-refractivity contribution in [2.24, 2.45) is 0 Å². The number of carbonyl (C=O) groups is 1. The first kappa shape index (κ1) is 14.9. The number of hydrogen-bond donors (Lipinski definition) is 0. The number of esters is 1. The van der Waals surface area contributed by atoms with E-state index in [2.05, 4.69) is 13.2 Å². The standard InChI is InChI=1S/C12H20O4/c1-6-7-14-8-9-15-12(4,5)16-11(13)10(2)3/h6H,1-2,7-9H2,3-5H3. The van der Waals surface area contributed by atoms with Crippen LogP contribution in [-0.4, -0.2) is 31.6 Å². The summed E-state index contributed by atoms with van der Waals surface area (Å²) in [6.45, 7) is 13.2. The van der Waals surface area contributed by atoms with E-state index >= 15 is 0 Å². The van der Waals surface area contributed by atoms with Crippen LogP contribution >= 0.6 is 0 Å². The van der Waals surface area contributed by atoms with Crippen LogP contribution in [0.2, 0.25) is 0 Å². The molecule has 0 rings (SSSR count). The van der Waals surface area contributed by atoms with Crippen LogP contribution in [0.25, 0.3) is 0 Å². The van der Waals surface area contributed by atoms with Crippen molar-refractivity contribution in [2.45, 2.75) is 26.6 Å². The summed E-state index contributed by atoms with van der Waals surface area (Å²) in [7, 11) is 0. The molecule has 16 heavy (non-hydrogen) atoms. The first-order chi connectivity index (χ1) is 7.39. The summed E-state index contributed by atoms with van der Waals surface area (Å²) in [6, 6.07) is 0. The van der Waals surface area contributed by atoms with E-state index in [0.29, 0.717) is 25.4 Å². The van der Waals surface area contributed by atoms with Gasteiger partial charge in [-0.2, -0.15) is 0 Å². The molecular weight excluding hydrogens is 208 g/mol. The molecule has 92 valence electrons. The summed E-state index contributed by atoms with van der Waals surface area (Å²) >= 11 is 0. The first-order valence-electron chi connectivity index (χ1n) is 5.10. The van der Waals surface area contributed by atoms with Gasteiger partial charge in [0.25, 0.3) is 0 Å². The smallest absolute Gasteiger partial charge is 0.335 e. The molecule has 0 heterocycles. The largest absolute Gasteiger partial charge is 0.430 e. The quantitative estimate of drug-likeness (QED) is 0.210. The zero-order valence-corrected chi connectivity index (χ0v) is 10.2. The minimum Gasteiger partial charge on any atom is -0.430 e. The van der Waals surface area contributed by atoms with Gasteiger partial charge in [-0.05, 0) is 6.92 Å². The van der Waals surface area contributed by atoms with Crippen LogP contribution in [0.15, 0.2) is 24.8 Å². The minimum atomic E-state index is -0.965. The highest BCUT2D eigenvalue weighted by atomic mass is 16.7. The fraction of sp³-hybridized carbons (Fsp3) is 0.583. The van der Waals surface area contributed by atoms with Crippen molar-refractivity contribution in [3.8, 4) is 0 Å². The first-order valence-corrected chi connectivity index (χ1v) is 5.10. The molecule has 0 aromatic rings. The average molecular weight is 228 g/mol. The lowest BCUT2D eigenvalue weighted by Gasteiger charge is -2.25. The zero-order chi connectivity index (χ0) is 12.6. The molecule has 0 N–H and O–H groups in total. The molecule has 4 nitrogen and oxygen atoms in total. The summed E-state index contributed by atoms with van der Waals surface area (Å²) in [5.41, 5.74) is 0.347. The average Bonchev–Trinajstić information content (AvgIpc) is 2.16. The Labute approximate surface area is 96.9 Å². The zero-order valence-electron chi connectivity index (χ0n) is 10.2. The second kappa shape index (κ2) is 7.19. The van der Waals surface area contributed by atoms with Gasteiger partial charge in [-0.3, -0.25) is 0 Å². The fourth-order valence-corrected chi connectivity index (χ4v) is 0.853. The molecule has 0 aliphatic rings. The van der Waals surface area contributed by atoms with E-state index in [1.165, 1.54) is 0 Å². The molecule has 0 unspecified atom stereocenters. The van der Waals surface area contributed by atoms with E-state index in [9.17, 15) is 4.79 Å². The summed E-state index contributed by atoms with van der Waals surface area (Å²) < 4.78 is 15.6. The van der Waals surface area contributed by atoms with Crippen molar-refractivity contribution in [3.05, 3.63) is 24.8 Å². The maximum absolute atomic E-state index is 11.2. The van der Waals surface area contributed by atoms with Crippen molar-refractivity contribution < 1.29 is 19.0 Å². The molecule has 0 bridgehead atoms. The Hall–Kier alpha value is -1.13. The Morgan fingerprint density at radius 2 is 2.00 bits per heavy atom. The second-order valence-electron chi connectivity index (χ2n) is 3.78. The number of carbonyl (C=O) groups excluding carboxylic acids is 1. The molecule has 4 heteroatoms. The van der Waals surface area contributed by atoms with Gasteiger partial charge in [-0.1, -0.05) is 12.7 Å². The monoisotopic (exact) mass is 228 g/mol. The third-order valence-electron chi connectivity index (χ3n) is 1.60. The molecule has 0 spiro atoms. The maximum Gasteiger partial charge on any atom is 0.335 e. The SMILES string of the molecule is C=CCOCCOC(C)(C)OC(=O)C(=C)C. The van der Waals surface area contributed by atoms with Gasteiger partial charge in [-0.15, -0.1) is 6.58 Å². The molecule has 0 amide bonds. The number of rotatable bonds is 8. The Balaban J connectivity index is 3.82. The van der Waals surface area contributed by atoms with Gasteiger partial charge in [0, 0.05) is 19.4 Å². The number of ether oxygens (including phenoxy) is 3. The van der Waals surface area contributed by atoms with Gasteiger partial charge in [-0.25, -0.2) is 4.79 Å². The van der Waals surface area contributed by atoms with Gasteiger partial charge in [0.1, 0.15) is 0 Å². The van der Waals surface area contributed by atoms with E-state index in [1.807, 2.05) is 0 Å². The van der Waals surface area contributed by atoms with E-state index < -0.39 is 11.8 Å². The molecule has 0 atom stereocenters. The Kier molecular flexibility index (Phi) is 6.69. The van der Waals surface area contributed by atoms with Gasteiger partial charge in [0.2, 0.25) is 5.79 Å². The van der Waals surface area contributed by atoms with Crippen LogP contribution in [0.4, 0.5) is 0 Å². The second-order valence-corrected chi connectivity index (χ2v) is 3.78. The van der Waals surface area contributed by atoms with Crippen LogP contribution in [0, 0.1) is 0 Å². The van der Waals surface area contributed by atoms with Crippen LogP contribution in [0.3, 0.4) is 0 Å². The highest BCUT2D eigenvalue weighted by molar-refractivity contribution is 5.87. The van der Waals surface area contributed by atoms with Crippen molar-refractivity contribution >= 4 is 5.97 Å². The normalized spacial score (nSPS) is 10.9. The van der Waals surface area contributed by atoms with E-state index in [4.69, 9.17) is 14.2 Å². The third-order valence-corrected chi connectivity index (χ3v) is 1.60. The van der Waals surface area contributed by atoms with Crippen molar-refractivity contribution in [1.82, 2.24) is 0 Å². The lowest BCUT2D eigenvalue weighted by atomic mass is 10.3. The molecule has 0 radical (unpaired) electrons. The van der Waals surface area contributed by atoms with Crippen molar-refractivity contribution in [2.75, 3.05) is 19.8 Å². The predicted molar refractivity (Wildman–Crippen MR) is 62.0 cm³/mol. The summed E-state index contributed by atoms with van der Waals surface area (Å²) in [5, 5.41) is 0. The molecule has 0 aromatic carbocycles. The summed E-state index contributed by atoms with van der Waals surface area (Å²) in [5.74, 6) is -1.43. The molecule has 0 aliphatic heterocycles. The summed E-state index contributed by atoms with van der Waals surface area (Å²) in [6.07, 6.45) is 1.66. The predicted octanol–water partition coefficient (Wildman–Crippen LogP) is 2.06. The van der Waals surface area contributed by atoms with Gasteiger partial charge >= 0.3 is 5.97 Å². The molecule has 0 aromatic heterocycles. The molecular formula is C12H20O4. The van der Waals surface area contributed by atoms with Gasteiger partial charge in [0.15, 0.2) is 0 Å². The van der Waals surface area contributed by atoms with E-state index in [0.717, 1.165) is 0 Å². The lowest BCUT2D eigenvalue weighted by Crippen LogP contribution is -2.32. The lowest BCUT2D eigenvalue weighted by molar-refractivity contribution is -0.215. The molecule has 0 saturated heterocycles.